The van der Waals surface area contributed by atoms with Gasteiger partial charge in [0.2, 0.25) is 0 Å². The smallest absolute Gasteiger partial charge is 0.416 e. The predicted octanol–water partition coefficient (Wildman–Crippen LogP) is 2.27. The molecule has 1 aliphatic heterocycles. The van der Waals surface area contributed by atoms with Crippen molar-refractivity contribution in [1.29, 1.82) is 0 Å². The first kappa shape index (κ1) is 13.9. The third-order valence-corrected chi connectivity index (χ3v) is 3.78. The molecule has 0 bridgehead atoms. The molecule has 2 rings (SSSR count). The molecular weight excluding hydrogens is 259 g/mol. The van der Waals surface area contributed by atoms with E-state index in [1.54, 1.807) is 6.92 Å². The quantitative estimate of drug-likeness (QED) is 0.869. The lowest BCUT2D eigenvalue weighted by atomic mass is 9.74. The molecule has 2 unspecified atom stereocenters. The van der Waals surface area contributed by atoms with Gasteiger partial charge < -0.3 is 10.4 Å². The highest BCUT2D eigenvalue weighted by atomic mass is 19.4. The minimum atomic E-state index is -4.38. The Balaban J connectivity index is 2.34. The summed E-state index contributed by atoms with van der Waals surface area (Å²) >= 11 is 0. The molecule has 2 atom stereocenters. The Morgan fingerprint density at radius 3 is 2.42 bits per heavy atom. The molecule has 1 aliphatic rings. The summed E-state index contributed by atoms with van der Waals surface area (Å²) in [5.41, 5.74) is -0.800. The van der Waals surface area contributed by atoms with Gasteiger partial charge in [0.05, 0.1) is 11.5 Å². The van der Waals surface area contributed by atoms with Crippen LogP contribution in [0.25, 0.3) is 0 Å². The molecule has 104 valence electrons. The highest BCUT2D eigenvalue weighted by molar-refractivity contribution is 5.73. The molecule has 0 saturated carbocycles. The zero-order valence-electron chi connectivity index (χ0n) is 10.3. The highest BCUT2D eigenvalue weighted by Crippen LogP contribution is 2.37. The van der Waals surface area contributed by atoms with Crippen LogP contribution in [-0.2, 0) is 16.4 Å². The van der Waals surface area contributed by atoms with Crippen molar-refractivity contribution in [3.8, 4) is 0 Å². The van der Waals surface area contributed by atoms with Gasteiger partial charge in [0.25, 0.3) is 0 Å². The van der Waals surface area contributed by atoms with Crippen LogP contribution in [0.4, 0.5) is 13.2 Å². The normalized spacial score (nSPS) is 27.5. The number of halogens is 3. The molecule has 0 amide bonds. The van der Waals surface area contributed by atoms with Crippen molar-refractivity contribution in [2.75, 3.05) is 13.1 Å². The summed E-state index contributed by atoms with van der Waals surface area (Å²) in [5.74, 6) is -1.57. The third kappa shape index (κ3) is 2.45. The summed E-state index contributed by atoms with van der Waals surface area (Å²) in [6.07, 6.45) is -4.38. The molecule has 0 radical (unpaired) electrons. The number of hydrogen-bond donors (Lipinski definition) is 2. The van der Waals surface area contributed by atoms with E-state index in [0.29, 0.717) is 18.7 Å². The molecule has 1 aromatic rings. The lowest BCUT2D eigenvalue weighted by molar-refractivity contribution is -0.143. The van der Waals surface area contributed by atoms with Crippen LogP contribution in [0, 0.1) is 5.92 Å². The molecular formula is C13H14F3NO2. The number of benzene rings is 1. The van der Waals surface area contributed by atoms with Crippen molar-refractivity contribution in [3.05, 3.63) is 35.4 Å². The number of alkyl halides is 3. The maximum absolute atomic E-state index is 12.5. The summed E-state index contributed by atoms with van der Waals surface area (Å²) in [4.78, 5) is 11.2. The van der Waals surface area contributed by atoms with Gasteiger partial charge in [0.15, 0.2) is 0 Å². The number of rotatable bonds is 2. The fourth-order valence-electron chi connectivity index (χ4n) is 2.53. The minimum Gasteiger partial charge on any atom is -0.481 e. The van der Waals surface area contributed by atoms with Crippen LogP contribution in [0.1, 0.15) is 18.1 Å². The second-order valence-corrected chi connectivity index (χ2v) is 5.01. The van der Waals surface area contributed by atoms with E-state index in [1.807, 2.05) is 0 Å². The molecule has 0 spiro atoms. The fourth-order valence-corrected chi connectivity index (χ4v) is 2.53. The molecule has 2 N–H and O–H groups in total. The third-order valence-electron chi connectivity index (χ3n) is 3.78. The molecule has 1 saturated heterocycles. The summed E-state index contributed by atoms with van der Waals surface area (Å²) in [7, 11) is 0. The molecule has 1 heterocycles. The van der Waals surface area contributed by atoms with Crippen molar-refractivity contribution in [2.45, 2.75) is 18.5 Å². The van der Waals surface area contributed by atoms with E-state index in [1.165, 1.54) is 12.1 Å². The van der Waals surface area contributed by atoms with Crippen LogP contribution in [-0.4, -0.2) is 24.2 Å². The van der Waals surface area contributed by atoms with E-state index in [0.717, 1.165) is 12.1 Å². The Kier molecular flexibility index (Phi) is 3.30. The average Bonchev–Trinajstić information content (AvgIpc) is 2.72. The summed E-state index contributed by atoms with van der Waals surface area (Å²) in [5, 5.41) is 12.2. The largest absolute Gasteiger partial charge is 0.481 e. The Morgan fingerprint density at radius 2 is 1.95 bits per heavy atom. The first-order valence-electron chi connectivity index (χ1n) is 5.86. The van der Waals surface area contributed by atoms with Crippen molar-refractivity contribution in [2.24, 2.45) is 5.92 Å². The van der Waals surface area contributed by atoms with Gasteiger partial charge in [-0.25, -0.2) is 0 Å². The van der Waals surface area contributed by atoms with Crippen LogP contribution in [0.3, 0.4) is 0 Å². The molecule has 0 aromatic heterocycles. The van der Waals surface area contributed by atoms with E-state index in [9.17, 15) is 23.1 Å². The second kappa shape index (κ2) is 4.52. The van der Waals surface area contributed by atoms with E-state index >= 15 is 0 Å². The maximum Gasteiger partial charge on any atom is 0.416 e. The van der Waals surface area contributed by atoms with E-state index in [2.05, 4.69) is 5.32 Å². The Labute approximate surface area is 108 Å². The molecule has 19 heavy (non-hydrogen) atoms. The van der Waals surface area contributed by atoms with Crippen LogP contribution >= 0.6 is 0 Å². The van der Waals surface area contributed by atoms with Crippen LogP contribution in [0.15, 0.2) is 24.3 Å². The molecule has 1 fully saturated rings. The van der Waals surface area contributed by atoms with Crippen molar-refractivity contribution >= 4 is 5.97 Å². The van der Waals surface area contributed by atoms with Gasteiger partial charge in [0.1, 0.15) is 0 Å². The number of hydrogen-bond acceptors (Lipinski definition) is 2. The standard InChI is InChI=1S/C13H14F3NO2/c1-12(7-17-6-10(12)11(18)19)8-2-4-9(5-3-8)13(14,15)16/h2-5,10,17H,6-7H2,1H3,(H,18,19). The number of carboxylic acids is 1. The molecule has 6 heteroatoms. The van der Waals surface area contributed by atoms with Crippen molar-refractivity contribution < 1.29 is 23.1 Å². The fraction of sp³-hybridized carbons (Fsp3) is 0.462. The lowest BCUT2D eigenvalue weighted by Crippen LogP contribution is -2.36. The number of carbonyl (C=O) groups is 1. The Hall–Kier alpha value is -1.56. The minimum absolute atomic E-state index is 0.326. The molecule has 0 aliphatic carbocycles. The van der Waals surface area contributed by atoms with Gasteiger partial charge in [-0.05, 0) is 17.7 Å². The van der Waals surface area contributed by atoms with Gasteiger partial charge in [-0.3, -0.25) is 4.79 Å². The number of nitrogens with one attached hydrogen (secondary N) is 1. The number of carboxylic acid groups (broad SMARTS) is 1. The van der Waals surface area contributed by atoms with E-state index < -0.39 is 29.0 Å². The highest BCUT2D eigenvalue weighted by Gasteiger charge is 2.44. The van der Waals surface area contributed by atoms with Crippen LogP contribution in [0.5, 0.6) is 0 Å². The summed E-state index contributed by atoms with van der Waals surface area (Å²) in [6.45, 7) is 2.52. The van der Waals surface area contributed by atoms with Gasteiger partial charge in [-0.15, -0.1) is 0 Å². The van der Waals surface area contributed by atoms with Gasteiger partial charge in [-0.1, -0.05) is 19.1 Å². The van der Waals surface area contributed by atoms with Crippen molar-refractivity contribution in [3.63, 3.8) is 0 Å². The lowest BCUT2D eigenvalue weighted by Gasteiger charge is -2.28. The van der Waals surface area contributed by atoms with Gasteiger partial charge in [0, 0.05) is 18.5 Å². The Bertz CT molecular complexity index is 484. The van der Waals surface area contributed by atoms with Crippen LogP contribution in [0.2, 0.25) is 0 Å². The average molecular weight is 273 g/mol. The summed E-state index contributed by atoms with van der Waals surface area (Å²) < 4.78 is 37.5. The van der Waals surface area contributed by atoms with Gasteiger partial charge in [-0.2, -0.15) is 13.2 Å². The summed E-state index contributed by atoms with van der Waals surface area (Å²) in [6, 6.07) is 4.73. The SMILES string of the molecule is CC1(c2ccc(C(F)(F)F)cc2)CNCC1C(=O)O. The first-order chi connectivity index (χ1) is 8.75. The van der Waals surface area contributed by atoms with Crippen LogP contribution < -0.4 is 5.32 Å². The first-order valence-corrected chi connectivity index (χ1v) is 5.86. The monoisotopic (exact) mass is 273 g/mol. The maximum atomic E-state index is 12.5. The number of aliphatic carboxylic acids is 1. The Morgan fingerprint density at radius 1 is 1.37 bits per heavy atom. The zero-order valence-corrected chi connectivity index (χ0v) is 10.3. The van der Waals surface area contributed by atoms with Crippen molar-refractivity contribution in [1.82, 2.24) is 5.32 Å². The van der Waals surface area contributed by atoms with E-state index in [4.69, 9.17) is 0 Å². The molecule has 3 nitrogen and oxygen atoms in total. The zero-order chi connectivity index (χ0) is 14.3. The predicted molar refractivity (Wildman–Crippen MR) is 62.8 cm³/mol. The van der Waals surface area contributed by atoms with Gasteiger partial charge >= 0.3 is 12.1 Å². The topological polar surface area (TPSA) is 49.3 Å². The van der Waals surface area contributed by atoms with E-state index in [-0.39, 0.29) is 0 Å². The second-order valence-electron chi connectivity index (χ2n) is 5.01. The molecule has 1 aromatic carbocycles.